The van der Waals surface area contributed by atoms with Crippen molar-refractivity contribution in [2.45, 2.75) is 26.1 Å². The number of carbonyl (C=O) groups excluding carboxylic acids is 2. The maximum atomic E-state index is 13.6. The first-order chi connectivity index (χ1) is 15.6. The molecule has 0 saturated carbocycles. The van der Waals surface area contributed by atoms with Crippen molar-refractivity contribution in [1.82, 2.24) is 29.7 Å². The van der Waals surface area contributed by atoms with Crippen LogP contribution in [0.3, 0.4) is 0 Å². The Labute approximate surface area is 181 Å². The number of carbonyl (C=O) groups is 2. The summed E-state index contributed by atoms with van der Waals surface area (Å²) in [6.07, 6.45) is 3.06. The van der Waals surface area contributed by atoms with E-state index in [1.807, 2.05) is 28.8 Å². The molecule has 3 aromatic heterocycles. The van der Waals surface area contributed by atoms with Gasteiger partial charge < -0.3 is 19.2 Å². The standard InChI is InChI=1S/C22H19FN6O3/c23-14-4-3-8-24-16(14)10-25-22(31)17-13-32-20(27-17)7-9-28-11-19-26-15-5-1-2-6-18(15)29(19)12-21(28)30/h1-6,8,13H,7,9-12H2,(H,25,31). The highest BCUT2D eigenvalue weighted by atomic mass is 19.1. The predicted octanol–water partition coefficient (Wildman–Crippen LogP) is 2.07. The molecule has 1 aliphatic heterocycles. The molecule has 0 bridgehead atoms. The lowest BCUT2D eigenvalue weighted by Crippen LogP contribution is -2.40. The van der Waals surface area contributed by atoms with Crippen molar-refractivity contribution in [2.24, 2.45) is 0 Å². The summed E-state index contributed by atoms with van der Waals surface area (Å²) in [7, 11) is 0. The van der Waals surface area contributed by atoms with Gasteiger partial charge in [0.25, 0.3) is 5.91 Å². The maximum absolute atomic E-state index is 13.6. The van der Waals surface area contributed by atoms with Crippen molar-refractivity contribution in [1.29, 1.82) is 0 Å². The molecule has 162 valence electrons. The number of aromatic nitrogens is 4. The number of imidazole rings is 1. The Hall–Kier alpha value is -4.08. The molecular formula is C22H19FN6O3. The van der Waals surface area contributed by atoms with E-state index in [0.717, 1.165) is 16.9 Å². The van der Waals surface area contributed by atoms with Gasteiger partial charge in [-0.25, -0.2) is 14.4 Å². The smallest absolute Gasteiger partial charge is 0.273 e. The van der Waals surface area contributed by atoms with Crippen LogP contribution in [0.4, 0.5) is 4.39 Å². The van der Waals surface area contributed by atoms with Crippen molar-refractivity contribution >= 4 is 22.8 Å². The van der Waals surface area contributed by atoms with E-state index in [9.17, 15) is 14.0 Å². The molecule has 1 N–H and O–H groups in total. The van der Waals surface area contributed by atoms with Crippen LogP contribution in [0.15, 0.2) is 53.3 Å². The number of nitrogens with zero attached hydrogens (tertiary/aromatic N) is 5. The van der Waals surface area contributed by atoms with Gasteiger partial charge in [-0.2, -0.15) is 0 Å². The number of amides is 2. The lowest BCUT2D eigenvalue weighted by molar-refractivity contribution is -0.134. The van der Waals surface area contributed by atoms with Crippen LogP contribution in [-0.4, -0.2) is 42.8 Å². The van der Waals surface area contributed by atoms with E-state index >= 15 is 0 Å². The maximum Gasteiger partial charge on any atom is 0.273 e. The second-order valence-corrected chi connectivity index (χ2v) is 7.41. The Balaban J connectivity index is 1.19. The molecule has 32 heavy (non-hydrogen) atoms. The lowest BCUT2D eigenvalue weighted by Gasteiger charge is -2.27. The summed E-state index contributed by atoms with van der Waals surface area (Å²) in [5, 5.41) is 2.57. The van der Waals surface area contributed by atoms with Crippen LogP contribution >= 0.6 is 0 Å². The van der Waals surface area contributed by atoms with Crippen LogP contribution in [0.2, 0.25) is 0 Å². The van der Waals surface area contributed by atoms with Crippen LogP contribution in [0.5, 0.6) is 0 Å². The Morgan fingerprint density at radius 3 is 2.91 bits per heavy atom. The Morgan fingerprint density at radius 1 is 1.16 bits per heavy atom. The van der Waals surface area contributed by atoms with Crippen molar-refractivity contribution in [3.05, 3.63) is 77.8 Å². The first-order valence-electron chi connectivity index (χ1n) is 10.1. The van der Waals surface area contributed by atoms with Crippen molar-refractivity contribution in [2.75, 3.05) is 6.54 Å². The number of para-hydroxylation sites is 2. The highest BCUT2D eigenvalue weighted by Crippen LogP contribution is 2.21. The van der Waals surface area contributed by atoms with Gasteiger partial charge in [-0.15, -0.1) is 0 Å². The summed E-state index contributed by atoms with van der Waals surface area (Å²) in [5.74, 6) is 0.176. The third-order valence-corrected chi connectivity index (χ3v) is 5.34. The Bertz CT molecular complexity index is 1310. The zero-order chi connectivity index (χ0) is 22.1. The van der Waals surface area contributed by atoms with E-state index in [1.165, 1.54) is 24.6 Å². The monoisotopic (exact) mass is 434 g/mol. The fraction of sp³-hybridized carbons (Fsp3) is 0.227. The van der Waals surface area contributed by atoms with Crippen LogP contribution in [-0.2, 0) is 30.8 Å². The number of rotatable bonds is 6. The van der Waals surface area contributed by atoms with Crippen LogP contribution in [0.25, 0.3) is 11.0 Å². The molecule has 0 aliphatic carbocycles. The van der Waals surface area contributed by atoms with E-state index in [0.29, 0.717) is 25.4 Å². The molecule has 2 amide bonds. The number of hydrogen-bond acceptors (Lipinski definition) is 6. The molecule has 1 aliphatic rings. The summed E-state index contributed by atoms with van der Waals surface area (Å²) in [4.78, 5) is 39.3. The first kappa shape index (κ1) is 19.9. The molecule has 9 nitrogen and oxygen atoms in total. The van der Waals surface area contributed by atoms with Crippen LogP contribution < -0.4 is 5.32 Å². The first-order valence-corrected chi connectivity index (χ1v) is 10.1. The molecule has 0 saturated heterocycles. The van der Waals surface area contributed by atoms with E-state index in [4.69, 9.17) is 4.42 Å². The van der Waals surface area contributed by atoms with Gasteiger partial charge in [0.1, 0.15) is 24.4 Å². The second kappa shape index (κ2) is 8.22. The fourth-order valence-electron chi connectivity index (χ4n) is 3.68. The predicted molar refractivity (Wildman–Crippen MR) is 111 cm³/mol. The van der Waals surface area contributed by atoms with Gasteiger partial charge in [0, 0.05) is 19.2 Å². The highest BCUT2D eigenvalue weighted by Gasteiger charge is 2.26. The third-order valence-electron chi connectivity index (χ3n) is 5.34. The van der Waals surface area contributed by atoms with Gasteiger partial charge in [-0.1, -0.05) is 12.1 Å². The molecule has 0 unspecified atom stereocenters. The van der Waals surface area contributed by atoms with E-state index in [2.05, 4.69) is 20.3 Å². The molecule has 1 aromatic carbocycles. The summed E-state index contributed by atoms with van der Waals surface area (Å²) >= 11 is 0. The number of halogens is 1. The number of oxazole rings is 1. The minimum atomic E-state index is -0.493. The summed E-state index contributed by atoms with van der Waals surface area (Å²) in [6.45, 7) is 0.968. The van der Waals surface area contributed by atoms with Crippen molar-refractivity contribution in [3.8, 4) is 0 Å². The van der Waals surface area contributed by atoms with E-state index < -0.39 is 11.7 Å². The molecule has 4 heterocycles. The molecule has 4 aromatic rings. The van der Waals surface area contributed by atoms with Gasteiger partial charge >= 0.3 is 0 Å². The lowest BCUT2D eigenvalue weighted by atomic mass is 10.3. The largest absolute Gasteiger partial charge is 0.448 e. The van der Waals surface area contributed by atoms with Gasteiger partial charge in [0.15, 0.2) is 11.6 Å². The highest BCUT2D eigenvalue weighted by molar-refractivity contribution is 5.91. The van der Waals surface area contributed by atoms with Gasteiger partial charge in [0.2, 0.25) is 5.91 Å². The Kier molecular flexibility index (Phi) is 5.10. The zero-order valence-corrected chi connectivity index (χ0v) is 17.0. The minimum Gasteiger partial charge on any atom is -0.448 e. The molecule has 5 rings (SSSR count). The fourth-order valence-corrected chi connectivity index (χ4v) is 3.68. The average molecular weight is 434 g/mol. The number of benzene rings is 1. The molecule has 0 atom stereocenters. The number of fused-ring (bicyclic) bond motifs is 3. The Morgan fingerprint density at radius 2 is 2.03 bits per heavy atom. The van der Waals surface area contributed by atoms with Crippen molar-refractivity contribution < 1.29 is 18.4 Å². The summed E-state index contributed by atoms with van der Waals surface area (Å²) < 4.78 is 20.9. The topological polar surface area (TPSA) is 106 Å². The SMILES string of the molecule is O=C(NCc1ncccc1F)c1coc(CCN2Cc3nc4ccccc4n3CC2=O)n1. The minimum absolute atomic E-state index is 0.0115. The van der Waals surface area contributed by atoms with Gasteiger partial charge in [-0.3, -0.25) is 14.6 Å². The van der Waals surface area contributed by atoms with Crippen LogP contribution in [0, 0.1) is 5.82 Å². The quantitative estimate of drug-likeness (QED) is 0.498. The number of nitrogens with one attached hydrogen (secondary N) is 1. The molecule has 0 spiro atoms. The van der Waals surface area contributed by atoms with Crippen LogP contribution in [0.1, 0.15) is 27.9 Å². The third kappa shape index (κ3) is 3.82. The normalized spacial score (nSPS) is 13.4. The molecule has 10 heteroatoms. The summed E-state index contributed by atoms with van der Waals surface area (Å²) in [6, 6.07) is 10.5. The number of hydrogen-bond donors (Lipinski definition) is 1. The number of pyridine rings is 1. The average Bonchev–Trinajstić information content (AvgIpc) is 3.41. The van der Waals surface area contributed by atoms with Gasteiger partial charge in [0.05, 0.1) is 29.8 Å². The van der Waals surface area contributed by atoms with Gasteiger partial charge in [-0.05, 0) is 24.3 Å². The summed E-state index contributed by atoms with van der Waals surface area (Å²) in [5.41, 5.74) is 2.04. The van der Waals surface area contributed by atoms with E-state index in [-0.39, 0.29) is 30.4 Å². The molecular weight excluding hydrogens is 415 g/mol. The molecule has 0 fully saturated rings. The molecule has 0 radical (unpaired) electrons. The van der Waals surface area contributed by atoms with Crippen molar-refractivity contribution in [3.63, 3.8) is 0 Å². The zero-order valence-electron chi connectivity index (χ0n) is 17.0. The second-order valence-electron chi connectivity index (χ2n) is 7.41. The van der Waals surface area contributed by atoms with E-state index in [1.54, 1.807) is 4.90 Å².